The number of nitro groups is 1. The molecule has 2 aromatic rings. The lowest BCUT2D eigenvalue weighted by Gasteiger charge is -2.30. The van der Waals surface area contributed by atoms with Crippen molar-refractivity contribution in [1.29, 1.82) is 0 Å². The Balaban J connectivity index is 1.80. The molecule has 1 heterocycles. The summed E-state index contributed by atoms with van der Waals surface area (Å²) in [6.07, 6.45) is 0. The summed E-state index contributed by atoms with van der Waals surface area (Å²) < 4.78 is 5.35. The number of carbonyl (C=O) groups is 2. The average molecular weight is 430 g/mol. The van der Waals surface area contributed by atoms with E-state index in [2.05, 4.69) is 5.32 Å². The number of hydrogen-bond donors (Lipinski definition) is 1. The van der Waals surface area contributed by atoms with Gasteiger partial charge in [-0.1, -0.05) is 0 Å². The zero-order chi connectivity index (χ0) is 21.7. The zero-order valence-electron chi connectivity index (χ0n) is 16.7. The molecule has 30 heavy (non-hydrogen) atoms. The summed E-state index contributed by atoms with van der Waals surface area (Å²) in [5.41, 5.74) is 1.24. The quantitative estimate of drug-likeness (QED) is 0.440. The van der Waals surface area contributed by atoms with Gasteiger partial charge in [0, 0.05) is 49.9 Å². The van der Waals surface area contributed by atoms with Gasteiger partial charge < -0.3 is 19.9 Å². The van der Waals surface area contributed by atoms with Gasteiger partial charge in [0.25, 0.3) is 16.8 Å². The first kappa shape index (κ1) is 21.6. The number of rotatable bonds is 5. The van der Waals surface area contributed by atoms with E-state index in [0.29, 0.717) is 37.7 Å². The van der Waals surface area contributed by atoms with E-state index in [0.717, 1.165) is 16.7 Å². The van der Waals surface area contributed by atoms with Crippen molar-refractivity contribution in [1.82, 2.24) is 4.90 Å². The van der Waals surface area contributed by atoms with E-state index in [1.807, 2.05) is 4.90 Å². The van der Waals surface area contributed by atoms with Gasteiger partial charge in [0.15, 0.2) is 0 Å². The van der Waals surface area contributed by atoms with Crippen molar-refractivity contribution in [3.63, 3.8) is 0 Å². The Morgan fingerprint density at radius 2 is 1.80 bits per heavy atom. The highest BCUT2D eigenvalue weighted by atomic mass is 32.2. The van der Waals surface area contributed by atoms with E-state index < -0.39 is 10.8 Å². The minimum absolute atomic E-state index is 0.0986. The molecule has 2 aromatic carbocycles. The van der Waals surface area contributed by atoms with E-state index >= 15 is 0 Å². The second kappa shape index (κ2) is 9.59. The molecule has 3 rings (SSSR count). The van der Waals surface area contributed by atoms with Gasteiger partial charge in [-0.15, -0.1) is 0 Å². The number of non-ortho nitro benzene ring substituents is 1. The molecule has 0 spiro atoms. The van der Waals surface area contributed by atoms with Gasteiger partial charge in [-0.05, 0) is 42.1 Å². The van der Waals surface area contributed by atoms with Crippen LogP contribution >= 0.6 is 11.8 Å². The van der Waals surface area contributed by atoms with E-state index in [1.165, 1.54) is 17.0 Å². The van der Waals surface area contributed by atoms with Crippen molar-refractivity contribution in [3.8, 4) is 0 Å². The fraction of sp³-hybridized carbons (Fsp3) is 0.300. The number of amides is 2. The van der Waals surface area contributed by atoms with E-state index in [4.69, 9.17) is 4.74 Å². The number of nitro benzene ring substituents is 1. The van der Waals surface area contributed by atoms with Gasteiger partial charge in [-0.3, -0.25) is 19.7 Å². The normalized spacial score (nSPS) is 13.6. The third-order valence-corrected chi connectivity index (χ3v) is 5.52. The predicted octanol–water partition coefficient (Wildman–Crippen LogP) is 3.46. The third-order valence-electron chi connectivity index (χ3n) is 4.47. The maximum absolute atomic E-state index is 12.9. The first-order chi connectivity index (χ1) is 14.3. The number of nitrogens with one attached hydrogen (secondary N) is 1. The Morgan fingerprint density at radius 1 is 1.13 bits per heavy atom. The molecule has 1 aliphatic rings. The molecule has 0 aromatic heterocycles. The predicted molar refractivity (Wildman–Crippen MR) is 115 cm³/mol. The Morgan fingerprint density at radius 3 is 2.40 bits per heavy atom. The van der Waals surface area contributed by atoms with Crippen molar-refractivity contribution >= 4 is 40.0 Å². The van der Waals surface area contributed by atoms with Crippen LogP contribution in [0.2, 0.25) is 0 Å². The van der Waals surface area contributed by atoms with E-state index in [9.17, 15) is 19.7 Å². The topological polar surface area (TPSA) is 105 Å². The molecule has 0 unspecified atom stereocenters. The van der Waals surface area contributed by atoms with Crippen molar-refractivity contribution < 1.29 is 19.2 Å². The van der Waals surface area contributed by atoms with Gasteiger partial charge in [0.05, 0.1) is 29.4 Å². The lowest BCUT2D eigenvalue weighted by molar-refractivity contribution is -0.384. The molecule has 0 saturated carbocycles. The monoisotopic (exact) mass is 430 g/mol. The lowest BCUT2D eigenvalue weighted by atomic mass is 10.1. The van der Waals surface area contributed by atoms with Gasteiger partial charge in [-0.25, -0.2) is 0 Å². The molecule has 0 bridgehead atoms. The Labute approximate surface area is 178 Å². The molecule has 158 valence electrons. The van der Waals surface area contributed by atoms with Crippen LogP contribution in [-0.2, 0) is 4.74 Å². The summed E-state index contributed by atoms with van der Waals surface area (Å²) in [6, 6.07) is 11.1. The van der Waals surface area contributed by atoms with Crippen molar-refractivity contribution in [2.75, 3.05) is 50.6 Å². The minimum Gasteiger partial charge on any atom is -0.378 e. The summed E-state index contributed by atoms with van der Waals surface area (Å²) in [4.78, 5) is 39.6. The number of morpholine rings is 1. The Kier molecular flexibility index (Phi) is 6.91. The first-order valence-corrected chi connectivity index (χ1v) is 10.1. The largest absolute Gasteiger partial charge is 0.378 e. The summed E-state index contributed by atoms with van der Waals surface area (Å²) in [5.74, 6) is -0.440. The maximum Gasteiger partial charge on any atom is 0.285 e. The van der Waals surface area contributed by atoms with Gasteiger partial charge in [-0.2, -0.15) is 0 Å². The Hall–Kier alpha value is -3.11. The van der Waals surface area contributed by atoms with Crippen LogP contribution in [0.4, 0.5) is 21.9 Å². The summed E-state index contributed by atoms with van der Waals surface area (Å²) in [7, 11) is 3.35. The van der Waals surface area contributed by atoms with Crippen LogP contribution in [0.5, 0.6) is 0 Å². The van der Waals surface area contributed by atoms with Crippen LogP contribution in [0.15, 0.2) is 47.4 Å². The first-order valence-electron chi connectivity index (χ1n) is 9.27. The second-order valence-corrected chi connectivity index (χ2v) is 7.82. The van der Waals surface area contributed by atoms with Gasteiger partial charge in [0.1, 0.15) is 0 Å². The molecule has 10 heteroatoms. The molecule has 1 saturated heterocycles. The molecule has 0 aliphatic carbocycles. The molecular formula is C20H22N4O5S. The van der Waals surface area contributed by atoms with Crippen molar-refractivity contribution in [2.45, 2.75) is 4.90 Å². The maximum atomic E-state index is 12.9. The second-order valence-electron chi connectivity index (χ2n) is 6.80. The van der Waals surface area contributed by atoms with Gasteiger partial charge >= 0.3 is 0 Å². The summed E-state index contributed by atoms with van der Waals surface area (Å²) in [5, 5.41) is 13.9. The number of anilines is 2. The van der Waals surface area contributed by atoms with E-state index in [1.54, 1.807) is 44.4 Å². The number of benzene rings is 2. The highest BCUT2D eigenvalue weighted by Crippen LogP contribution is 2.28. The van der Waals surface area contributed by atoms with Crippen LogP contribution in [0.25, 0.3) is 0 Å². The molecular weight excluding hydrogens is 408 g/mol. The number of hydrogen-bond acceptors (Lipinski definition) is 7. The standard InChI is InChI=1S/C20H22N4O5S/c1-22(2)20(26)30-16-6-3-14(4-7-16)21-19(25)17-13-15(24(27)28)5-8-18(17)23-9-11-29-12-10-23/h3-8,13H,9-12H2,1-2H3,(H,21,25). The van der Waals surface area contributed by atoms with Crippen LogP contribution in [0.1, 0.15) is 10.4 Å². The summed E-state index contributed by atoms with van der Waals surface area (Å²) in [6.45, 7) is 2.26. The fourth-order valence-corrected chi connectivity index (χ4v) is 3.55. The van der Waals surface area contributed by atoms with Crippen molar-refractivity contribution in [2.24, 2.45) is 0 Å². The number of carbonyl (C=O) groups excluding carboxylic acids is 2. The average Bonchev–Trinajstić information content (AvgIpc) is 2.75. The van der Waals surface area contributed by atoms with Crippen LogP contribution in [0, 0.1) is 10.1 Å². The number of ether oxygens (including phenoxy) is 1. The third kappa shape index (κ3) is 5.28. The zero-order valence-corrected chi connectivity index (χ0v) is 17.5. The van der Waals surface area contributed by atoms with Gasteiger partial charge in [0.2, 0.25) is 0 Å². The molecule has 0 atom stereocenters. The molecule has 1 aliphatic heterocycles. The highest BCUT2D eigenvalue weighted by molar-refractivity contribution is 8.13. The smallest absolute Gasteiger partial charge is 0.285 e. The van der Waals surface area contributed by atoms with E-state index in [-0.39, 0.29) is 16.5 Å². The molecule has 9 nitrogen and oxygen atoms in total. The molecule has 1 fully saturated rings. The van der Waals surface area contributed by atoms with Crippen LogP contribution in [0.3, 0.4) is 0 Å². The van der Waals surface area contributed by atoms with Crippen molar-refractivity contribution in [3.05, 3.63) is 58.1 Å². The summed E-state index contributed by atoms with van der Waals surface area (Å²) >= 11 is 1.08. The minimum atomic E-state index is -0.520. The lowest BCUT2D eigenvalue weighted by Crippen LogP contribution is -2.37. The molecule has 2 amide bonds. The SMILES string of the molecule is CN(C)C(=O)Sc1ccc(NC(=O)c2cc([N+](=O)[O-])ccc2N2CCOCC2)cc1. The fourth-order valence-electron chi connectivity index (χ4n) is 2.90. The van der Waals surface area contributed by atoms with Crippen LogP contribution < -0.4 is 10.2 Å². The number of nitrogens with zero attached hydrogens (tertiary/aromatic N) is 3. The molecule has 0 radical (unpaired) electrons. The molecule has 1 N–H and O–H groups in total. The Bertz CT molecular complexity index is 943. The highest BCUT2D eigenvalue weighted by Gasteiger charge is 2.22. The number of thioether (sulfide) groups is 1. The van der Waals surface area contributed by atoms with Crippen LogP contribution in [-0.4, -0.2) is 61.4 Å².